The molecule has 3 aromatic rings. The summed E-state index contributed by atoms with van der Waals surface area (Å²) in [6.07, 6.45) is 2.76. The summed E-state index contributed by atoms with van der Waals surface area (Å²) < 4.78 is 5.39. The molecule has 0 aliphatic carbocycles. The fraction of sp³-hybridized carbons (Fsp3) is 0.308. The minimum atomic E-state index is -0.139. The molecule has 1 atom stereocenters. The number of ketones is 1. The van der Waals surface area contributed by atoms with Gasteiger partial charge in [-0.25, -0.2) is 0 Å². The first-order valence-electron chi connectivity index (χ1n) is 10.6. The predicted octanol–water partition coefficient (Wildman–Crippen LogP) is 4.90. The van der Waals surface area contributed by atoms with Gasteiger partial charge in [0.15, 0.2) is 5.78 Å². The highest BCUT2D eigenvalue weighted by atomic mass is 16.5. The zero-order chi connectivity index (χ0) is 20.9. The summed E-state index contributed by atoms with van der Waals surface area (Å²) in [6, 6.07) is 21.7. The van der Waals surface area contributed by atoms with Crippen molar-refractivity contribution in [1.82, 2.24) is 4.90 Å². The fourth-order valence-corrected chi connectivity index (χ4v) is 4.39. The first-order valence-corrected chi connectivity index (χ1v) is 10.6. The number of likely N-dealkylation sites (tertiary alicyclic amines) is 1. The Kier molecular flexibility index (Phi) is 6.12. The Bertz CT molecular complexity index is 1050. The summed E-state index contributed by atoms with van der Waals surface area (Å²) in [6.45, 7) is 1.23. The van der Waals surface area contributed by atoms with E-state index in [1.807, 2.05) is 71.6 Å². The number of piperidine rings is 1. The van der Waals surface area contributed by atoms with Gasteiger partial charge in [0.1, 0.15) is 5.75 Å². The van der Waals surface area contributed by atoms with Crippen LogP contribution in [0.3, 0.4) is 0 Å². The van der Waals surface area contributed by atoms with Crippen molar-refractivity contribution >= 4 is 22.5 Å². The highest BCUT2D eigenvalue weighted by molar-refractivity contribution is 6.09. The Morgan fingerprint density at radius 1 is 1.00 bits per heavy atom. The van der Waals surface area contributed by atoms with Gasteiger partial charge in [-0.15, -0.1) is 0 Å². The second-order valence-electron chi connectivity index (χ2n) is 7.88. The molecule has 4 nitrogen and oxygen atoms in total. The van der Waals surface area contributed by atoms with Crippen LogP contribution >= 0.6 is 0 Å². The summed E-state index contributed by atoms with van der Waals surface area (Å²) in [5, 5.41) is 2.06. The number of Topliss-reactive ketones (excluding diaryl/α,β-unsaturated/α-hetero) is 1. The van der Waals surface area contributed by atoms with Gasteiger partial charge in [-0.3, -0.25) is 9.59 Å². The SMILES string of the molecule is COc1ccccc1CCC(=O)N1CCC[C@H](C(=O)c2cccc3ccccc23)C1. The third kappa shape index (κ3) is 4.23. The topological polar surface area (TPSA) is 46.6 Å². The Balaban J connectivity index is 1.43. The molecule has 0 radical (unpaired) electrons. The molecule has 1 fully saturated rings. The molecule has 1 aliphatic rings. The highest BCUT2D eigenvalue weighted by Gasteiger charge is 2.29. The van der Waals surface area contributed by atoms with Gasteiger partial charge in [0.25, 0.3) is 0 Å². The van der Waals surface area contributed by atoms with Crippen molar-refractivity contribution in [2.45, 2.75) is 25.7 Å². The van der Waals surface area contributed by atoms with E-state index < -0.39 is 0 Å². The summed E-state index contributed by atoms with van der Waals surface area (Å²) in [7, 11) is 1.65. The molecule has 0 aromatic heterocycles. The normalized spacial score (nSPS) is 16.4. The Morgan fingerprint density at radius 2 is 1.77 bits per heavy atom. The Hall–Kier alpha value is -3.14. The summed E-state index contributed by atoms with van der Waals surface area (Å²) in [5.41, 5.74) is 1.80. The first kappa shape index (κ1) is 20.1. The summed E-state index contributed by atoms with van der Waals surface area (Å²) in [5.74, 6) is 0.929. The van der Waals surface area contributed by atoms with Crippen molar-refractivity contribution in [3.63, 3.8) is 0 Å². The molecule has 4 rings (SSSR count). The van der Waals surface area contributed by atoms with Crippen LogP contribution in [0.1, 0.15) is 35.2 Å². The van der Waals surface area contributed by atoms with Crippen LogP contribution in [0.4, 0.5) is 0 Å². The second kappa shape index (κ2) is 9.12. The van der Waals surface area contributed by atoms with E-state index >= 15 is 0 Å². The highest BCUT2D eigenvalue weighted by Crippen LogP contribution is 2.27. The van der Waals surface area contributed by atoms with Gasteiger partial charge in [0.2, 0.25) is 5.91 Å². The standard InChI is InChI=1S/C26H27NO3/c1-30-24-14-5-3-9-20(24)15-16-25(28)27-17-7-11-21(18-27)26(29)23-13-6-10-19-8-2-4-12-22(19)23/h2-6,8-10,12-14,21H,7,11,15-18H2,1H3/t21-/m0/s1. The van der Waals surface area contributed by atoms with Crippen LogP contribution in [0, 0.1) is 5.92 Å². The van der Waals surface area contributed by atoms with Crippen molar-refractivity contribution in [2.75, 3.05) is 20.2 Å². The average molecular weight is 402 g/mol. The molecule has 1 saturated heterocycles. The molecule has 0 bridgehead atoms. The molecule has 4 heteroatoms. The average Bonchev–Trinajstić information content (AvgIpc) is 2.82. The van der Waals surface area contributed by atoms with Crippen LogP contribution < -0.4 is 4.74 Å². The number of benzene rings is 3. The molecule has 0 saturated carbocycles. The molecule has 1 heterocycles. The van der Waals surface area contributed by atoms with Gasteiger partial charge in [0, 0.05) is 31.0 Å². The third-order valence-electron chi connectivity index (χ3n) is 6.00. The van der Waals surface area contributed by atoms with Crippen molar-refractivity contribution in [2.24, 2.45) is 5.92 Å². The molecule has 3 aromatic carbocycles. The molecule has 1 aliphatic heterocycles. The summed E-state index contributed by atoms with van der Waals surface area (Å²) >= 11 is 0. The van der Waals surface area contributed by atoms with Gasteiger partial charge in [-0.1, -0.05) is 60.7 Å². The van der Waals surface area contributed by atoms with Crippen LogP contribution in [0.5, 0.6) is 5.75 Å². The lowest BCUT2D eigenvalue weighted by atomic mass is 9.87. The van der Waals surface area contributed by atoms with E-state index in [1.54, 1.807) is 7.11 Å². The first-order chi connectivity index (χ1) is 14.7. The van der Waals surface area contributed by atoms with E-state index in [0.717, 1.165) is 47.0 Å². The molecule has 1 amide bonds. The number of carbonyl (C=O) groups excluding carboxylic acids is 2. The van der Waals surface area contributed by atoms with Crippen molar-refractivity contribution in [3.05, 3.63) is 77.9 Å². The lowest BCUT2D eigenvalue weighted by Gasteiger charge is -2.32. The number of methoxy groups -OCH3 is 1. The van der Waals surface area contributed by atoms with Crippen molar-refractivity contribution in [1.29, 1.82) is 0 Å². The van der Waals surface area contributed by atoms with Gasteiger partial charge in [-0.05, 0) is 41.7 Å². The fourth-order valence-electron chi connectivity index (χ4n) is 4.39. The van der Waals surface area contributed by atoms with Crippen molar-refractivity contribution in [3.8, 4) is 5.75 Å². The van der Waals surface area contributed by atoms with Gasteiger partial charge < -0.3 is 9.64 Å². The van der Waals surface area contributed by atoms with Crippen molar-refractivity contribution < 1.29 is 14.3 Å². The minimum Gasteiger partial charge on any atom is -0.496 e. The number of para-hydroxylation sites is 1. The van der Waals surface area contributed by atoms with E-state index in [2.05, 4.69) is 0 Å². The zero-order valence-corrected chi connectivity index (χ0v) is 17.3. The van der Waals surface area contributed by atoms with Crippen LogP contribution in [0.2, 0.25) is 0 Å². The largest absolute Gasteiger partial charge is 0.496 e. The zero-order valence-electron chi connectivity index (χ0n) is 17.3. The molecule has 30 heavy (non-hydrogen) atoms. The van der Waals surface area contributed by atoms with Crippen LogP contribution in [-0.2, 0) is 11.2 Å². The number of rotatable bonds is 6. The molecular weight excluding hydrogens is 374 g/mol. The number of aryl methyl sites for hydroxylation is 1. The maximum atomic E-state index is 13.3. The van der Waals surface area contributed by atoms with E-state index in [0.29, 0.717) is 19.4 Å². The smallest absolute Gasteiger partial charge is 0.222 e. The summed E-state index contributed by atoms with van der Waals surface area (Å²) in [4.78, 5) is 28.0. The number of fused-ring (bicyclic) bond motifs is 1. The van der Waals surface area contributed by atoms with E-state index in [1.165, 1.54) is 0 Å². The van der Waals surface area contributed by atoms with Crippen LogP contribution in [0.25, 0.3) is 10.8 Å². The molecule has 154 valence electrons. The van der Waals surface area contributed by atoms with Crippen LogP contribution in [-0.4, -0.2) is 36.8 Å². The molecule has 0 N–H and O–H groups in total. The maximum Gasteiger partial charge on any atom is 0.222 e. The van der Waals surface area contributed by atoms with Gasteiger partial charge in [0.05, 0.1) is 7.11 Å². The minimum absolute atomic E-state index is 0.108. The molecule has 0 unspecified atom stereocenters. The number of nitrogens with zero attached hydrogens (tertiary/aromatic N) is 1. The third-order valence-corrected chi connectivity index (χ3v) is 6.00. The predicted molar refractivity (Wildman–Crippen MR) is 119 cm³/mol. The van der Waals surface area contributed by atoms with Gasteiger partial charge >= 0.3 is 0 Å². The van der Waals surface area contributed by atoms with E-state index in [9.17, 15) is 9.59 Å². The van der Waals surface area contributed by atoms with E-state index in [4.69, 9.17) is 4.74 Å². The van der Waals surface area contributed by atoms with Crippen LogP contribution in [0.15, 0.2) is 66.7 Å². The van der Waals surface area contributed by atoms with Gasteiger partial charge in [-0.2, -0.15) is 0 Å². The maximum absolute atomic E-state index is 13.3. The monoisotopic (exact) mass is 401 g/mol. The lowest BCUT2D eigenvalue weighted by molar-refractivity contribution is -0.132. The number of ether oxygens (including phenoxy) is 1. The quantitative estimate of drug-likeness (QED) is 0.552. The Morgan fingerprint density at radius 3 is 2.63 bits per heavy atom. The molecule has 0 spiro atoms. The lowest BCUT2D eigenvalue weighted by Crippen LogP contribution is -2.42. The molecular formula is C26H27NO3. The number of carbonyl (C=O) groups is 2. The number of hydrogen-bond donors (Lipinski definition) is 0. The Labute approximate surface area is 177 Å². The second-order valence-corrected chi connectivity index (χ2v) is 7.88. The number of amides is 1. The van der Waals surface area contributed by atoms with E-state index in [-0.39, 0.29) is 17.6 Å². The number of hydrogen-bond acceptors (Lipinski definition) is 3.